The molecule has 0 bridgehead atoms. The first-order valence-corrected chi connectivity index (χ1v) is 8.96. The largest absolute Gasteiger partial charge is 0.473 e. The first-order valence-electron chi connectivity index (χ1n) is 8.96. The van der Waals surface area contributed by atoms with Crippen LogP contribution in [0.2, 0.25) is 0 Å². The van der Waals surface area contributed by atoms with Crippen molar-refractivity contribution in [1.29, 1.82) is 5.26 Å². The molecule has 0 fully saturated rings. The minimum Gasteiger partial charge on any atom is -0.473 e. The highest BCUT2D eigenvalue weighted by Crippen LogP contribution is 2.27. The van der Waals surface area contributed by atoms with E-state index in [0.29, 0.717) is 23.6 Å². The zero-order valence-electron chi connectivity index (χ0n) is 15.6. The lowest BCUT2D eigenvalue weighted by atomic mass is 10.1. The number of aromatic nitrogens is 2. The summed E-state index contributed by atoms with van der Waals surface area (Å²) >= 11 is 0. The zero-order valence-corrected chi connectivity index (χ0v) is 15.6. The number of rotatable bonds is 5. The molecule has 1 aromatic heterocycles. The molecule has 2 aromatic carbocycles. The molecule has 1 aliphatic rings. The molecular weight excluding hydrogens is 375 g/mol. The molecule has 0 N–H and O–H groups in total. The van der Waals surface area contributed by atoms with Crippen molar-refractivity contribution in [3.8, 4) is 23.4 Å². The number of hydrogen-bond donors (Lipinski definition) is 0. The van der Waals surface area contributed by atoms with Gasteiger partial charge in [-0.1, -0.05) is 6.07 Å². The quantitative estimate of drug-likeness (QED) is 0.664. The van der Waals surface area contributed by atoms with Gasteiger partial charge in [0.25, 0.3) is 0 Å². The van der Waals surface area contributed by atoms with E-state index in [1.807, 2.05) is 11.9 Å². The smallest absolute Gasteiger partial charge is 0.352 e. The van der Waals surface area contributed by atoms with Crippen LogP contribution in [0, 0.1) is 17.1 Å². The summed E-state index contributed by atoms with van der Waals surface area (Å²) in [5.74, 6) is 1.43. The minimum absolute atomic E-state index is 0.144. The Morgan fingerprint density at radius 2 is 1.97 bits per heavy atom. The Morgan fingerprint density at radius 3 is 2.72 bits per heavy atom. The van der Waals surface area contributed by atoms with Crippen molar-refractivity contribution < 1.29 is 13.9 Å². The zero-order chi connectivity index (χ0) is 20.4. The molecule has 2 heterocycles. The van der Waals surface area contributed by atoms with Gasteiger partial charge < -0.3 is 14.4 Å². The minimum atomic E-state index is -0.364. The van der Waals surface area contributed by atoms with Crippen molar-refractivity contribution in [3.05, 3.63) is 76.0 Å². The molecule has 29 heavy (non-hydrogen) atoms. The van der Waals surface area contributed by atoms with Crippen molar-refractivity contribution in [2.24, 2.45) is 0 Å². The molecule has 146 valence electrons. The van der Waals surface area contributed by atoms with Gasteiger partial charge in [-0.2, -0.15) is 10.2 Å². The highest BCUT2D eigenvalue weighted by atomic mass is 19.1. The van der Waals surface area contributed by atoms with E-state index in [9.17, 15) is 14.4 Å². The maximum Gasteiger partial charge on any atom is 0.352 e. The predicted molar refractivity (Wildman–Crippen MR) is 104 cm³/mol. The van der Waals surface area contributed by atoms with Gasteiger partial charge in [0.1, 0.15) is 35.8 Å². The molecule has 0 saturated heterocycles. The molecule has 0 spiro atoms. The average Bonchev–Trinajstić information content (AvgIpc) is 3.10. The van der Waals surface area contributed by atoms with E-state index in [-0.39, 0.29) is 24.0 Å². The molecular formula is C21H17FN4O3. The predicted octanol–water partition coefficient (Wildman–Crippen LogP) is 3.08. The van der Waals surface area contributed by atoms with Crippen molar-refractivity contribution >= 4 is 5.82 Å². The number of hydrogen-bond acceptors (Lipinski definition) is 6. The fourth-order valence-corrected chi connectivity index (χ4v) is 3.07. The van der Waals surface area contributed by atoms with Gasteiger partial charge in [0.2, 0.25) is 5.88 Å². The van der Waals surface area contributed by atoms with Crippen LogP contribution in [0.4, 0.5) is 10.2 Å². The van der Waals surface area contributed by atoms with Crippen LogP contribution >= 0.6 is 0 Å². The number of benzene rings is 2. The molecule has 0 unspecified atom stereocenters. The fourth-order valence-electron chi connectivity index (χ4n) is 3.07. The number of fused-ring (bicyclic) bond motifs is 1. The summed E-state index contributed by atoms with van der Waals surface area (Å²) in [7, 11) is 1.90. The Balaban J connectivity index is 1.49. The third-order valence-corrected chi connectivity index (χ3v) is 4.61. The number of anilines is 1. The number of ether oxygens (including phenoxy) is 2. The standard InChI is InChI=1S/C21H17FN4O3/c1-25-8-9-26-20(25)11-19(24-21(26)27)28-13-14-2-7-18(15(10-14)12-23)29-17-5-3-16(22)4-6-17/h2-7,10-11H,8-9,13H2,1H3. The third kappa shape index (κ3) is 3.89. The molecule has 3 aromatic rings. The Hall–Kier alpha value is -3.86. The van der Waals surface area contributed by atoms with Crippen LogP contribution in [0.3, 0.4) is 0 Å². The van der Waals surface area contributed by atoms with Crippen LogP contribution in [0.5, 0.6) is 17.4 Å². The van der Waals surface area contributed by atoms with Gasteiger partial charge in [-0.05, 0) is 42.0 Å². The normalized spacial score (nSPS) is 12.4. The van der Waals surface area contributed by atoms with Crippen LogP contribution < -0.4 is 20.1 Å². The summed E-state index contributed by atoms with van der Waals surface area (Å²) in [4.78, 5) is 18.0. The Morgan fingerprint density at radius 1 is 1.17 bits per heavy atom. The maximum atomic E-state index is 13.0. The second-order valence-electron chi connectivity index (χ2n) is 6.60. The van der Waals surface area contributed by atoms with E-state index < -0.39 is 0 Å². The van der Waals surface area contributed by atoms with Crippen molar-refractivity contribution in [2.45, 2.75) is 13.2 Å². The van der Waals surface area contributed by atoms with Gasteiger partial charge in [-0.3, -0.25) is 4.57 Å². The summed E-state index contributed by atoms with van der Waals surface area (Å²) in [6.45, 7) is 1.51. The molecule has 0 amide bonds. The first-order chi connectivity index (χ1) is 14.0. The summed E-state index contributed by atoms with van der Waals surface area (Å²) in [6, 6.07) is 14.4. The molecule has 4 rings (SSSR count). The van der Waals surface area contributed by atoms with Gasteiger partial charge in [-0.15, -0.1) is 0 Å². The lowest BCUT2D eigenvalue weighted by Gasteiger charge is -2.13. The SMILES string of the molecule is CN1CCn2c1cc(OCc1ccc(Oc3ccc(F)cc3)c(C#N)c1)nc2=O. The monoisotopic (exact) mass is 392 g/mol. The number of nitrogens with zero attached hydrogens (tertiary/aromatic N) is 4. The number of likely N-dealkylation sites (N-methyl/N-ethyl adjacent to an activating group) is 1. The molecule has 8 heteroatoms. The Labute approximate surface area is 166 Å². The number of nitriles is 1. The second-order valence-corrected chi connectivity index (χ2v) is 6.60. The lowest BCUT2D eigenvalue weighted by molar-refractivity contribution is 0.291. The van der Waals surface area contributed by atoms with Crippen molar-refractivity contribution in [3.63, 3.8) is 0 Å². The number of halogens is 1. The van der Waals surface area contributed by atoms with E-state index in [0.717, 1.165) is 17.9 Å². The van der Waals surface area contributed by atoms with Crippen LogP contribution in [0.1, 0.15) is 11.1 Å². The summed E-state index contributed by atoms with van der Waals surface area (Å²) in [6.07, 6.45) is 0. The van der Waals surface area contributed by atoms with Gasteiger partial charge in [0.05, 0.1) is 5.56 Å². The van der Waals surface area contributed by atoms with E-state index in [4.69, 9.17) is 9.47 Å². The van der Waals surface area contributed by atoms with Crippen LogP contribution in [-0.4, -0.2) is 23.1 Å². The second kappa shape index (κ2) is 7.64. The van der Waals surface area contributed by atoms with Gasteiger partial charge >= 0.3 is 5.69 Å². The van der Waals surface area contributed by atoms with E-state index >= 15 is 0 Å². The topological polar surface area (TPSA) is 80.4 Å². The summed E-state index contributed by atoms with van der Waals surface area (Å²) in [5.41, 5.74) is 0.698. The van der Waals surface area contributed by atoms with Crippen LogP contribution in [-0.2, 0) is 13.2 Å². The molecule has 0 atom stereocenters. The first kappa shape index (κ1) is 18.5. The van der Waals surface area contributed by atoms with Gasteiger partial charge in [0.15, 0.2) is 0 Å². The van der Waals surface area contributed by atoms with Crippen LogP contribution in [0.25, 0.3) is 0 Å². The molecule has 0 aliphatic carbocycles. The molecule has 7 nitrogen and oxygen atoms in total. The summed E-state index contributed by atoms with van der Waals surface area (Å²) in [5, 5.41) is 9.43. The highest BCUT2D eigenvalue weighted by Gasteiger charge is 2.19. The highest BCUT2D eigenvalue weighted by molar-refractivity contribution is 5.48. The van der Waals surface area contributed by atoms with E-state index in [1.165, 1.54) is 24.3 Å². The third-order valence-electron chi connectivity index (χ3n) is 4.61. The van der Waals surface area contributed by atoms with E-state index in [1.54, 1.807) is 28.8 Å². The van der Waals surface area contributed by atoms with Crippen molar-refractivity contribution in [2.75, 3.05) is 18.5 Å². The molecule has 0 radical (unpaired) electrons. The Bertz CT molecular complexity index is 1150. The molecule has 0 saturated carbocycles. The van der Waals surface area contributed by atoms with Crippen molar-refractivity contribution in [1.82, 2.24) is 9.55 Å². The summed E-state index contributed by atoms with van der Waals surface area (Å²) < 4.78 is 26.0. The van der Waals surface area contributed by atoms with Crippen LogP contribution in [0.15, 0.2) is 53.3 Å². The Kier molecular flexibility index (Phi) is 4.87. The van der Waals surface area contributed by atoms with E-state index in [2.05, 4.69) is 11.1 Å². The maximum absolute atomic E-state index is 13.0. The fraction of sp³-hybridized carbons (Fsp3) is 0.190. The average molecular weight is 392 g/mol. The van der Waals surface area contributed by atoms with Gasteiger partial charge in [-0.25, -0.2) is 9.18 Å². The molecule has 1 aliphatic heterocycles. The van der Waals surface area contributed by atoms with Gasteiger partial charge in [0, 0.05) is 26.2 Å². The lowest BCUT2D eigenvalue weighted by Crippen LogP contribution is -2.22.